The van der Waals surface area contributed by atoms with Crippen molar-refractivity contribution in [2.24, 2.45) is 0 Å². The van der Waals surface area contributed by atoms with E-state index in [0.717, 1.165) is 28.4 Å². The summed E-state index contributed by atoms with van der Waals surface area (Å²) in [5.41, 5.74) is 1.52. The number of benzene rings is 2. The Bertz CT molecular complexity index is 840. The molecule has 0 aromatic heterocycles. The van der Waals surface area contributed by atoms with Gasteiger partial charge in [0.05, 0.1) is 20.3 Å². The van der Waals surface area contributed by atoms with Gasteiger partial charge in [0, 0.05) is 24.1 Å². The number of ether oxygens (including phenoxy) is 3. The molecule has 0 saturated carbocycles. The Morgan fingerprint density at radius 1 is 1.11 bits per heavy atom. The average molecular weight is 367 g/mol. The van der Waals surface area contributed by atoms with E-state index in [1.54, 1.807) is 26.4 Å². The first kappa shape index (κ1) is 18.8. The minimum Gasteiger partial charge on any atom is -0.497 e. The maximum Gasteiger partial charge on any atom is 0.244 e. The van der Waals surface area contributed by atoms with Crippen LogP contribution in [0.3, 0.4) is 0 Å². The van der Waals surface area contributed by atoms with Crippen molar-refractivity contribution in [1.82, 2.24) is 5.32 Å². The Morgan fingerprint density at radius 3 is 2.44 bits per heavy atom. The largest absolute Gasteiger partial charge is 0.497 e. The fourth-order valence-electron chi connectivity index (χ4n) is 3.19. The van der Waals surface area contributed by atoms with E-state index in [0.29, 0.717) is 6.42 Å². The smallest absolute Gasteiger partial charge is 0.244 e. The number of amides is 1. The molecule has 1 N–H and O–H groups in total. The lowest BCUT2D eigenvalue weighted by atomic mass is 9.89. The number of methoxy groups -OCH3 is 2. The molecule has 0 unspecified atom stereocenters. The first-order chi connectivity index (χ1) is 12.9. The van der Waals surface area contributed by atoms with Gasteiger partial charge in [-0.2, -0.15) is 0 Å². The SMILES string of the molecule is COc1ccc(/C=C/C(=O)N[C@H]2CC(C)(C)Oc3cc(OC)ccc32)cc1. The van der Waals surface area contributed by atoms with Crippen LogP contribution in [0.4, 0.5) is 0 Å². The molecule has 27 heavy (non-hydrogen) atoms. The number of fused-ring (bicyclic) bond motifs is 1. The molecule has 1 amide bonds. The molecule has 2 aromatic rings. The van der Waals surface area contributed by atoms with Gasteiger partial charge in [0.1, 0.15) is 22.8 Å². The van der Waals surface area contributed by atoms with Crippen molar-refractivity contribution in [2.45, 2.75) is 31.9 Å². The standard InChI is InChI=1S/C22H25NO4/c1-22(2)14-19(18-11-10-17(26-4)13-20(18)27-22)23-21(24)12-7-15-5-8-16(25-3)9-6-15/h5-13,19H,14H2,1-4H3,(H,23,24)/b12-7+/t19-/m0/s1. The second kappa shape index (κ2) is 7.74. The summed E-state index contributed by atoms with van der Waals surface area (Å²) < 4.78 is 16.5. The van der Waals surface area contributed by atoms with Gasteiger partial charge in [0.15, 0.2) is 0 Å². The van der Waals surface area contributed by atoms with Gasteiger partial charge in [-0.3, -0.25) is 4.79 Å². The Hall–Kier alpha value is -2.95. The van der Waals surface area contributed by atoms with Crippen molar-refractivity contribution >= 4 is 12.0 Å². The minimum absolute atomic E-state index is 0.123. The quantitative estimate of drug-likeness (QED) is 0.807. The number of rotatable bonds is 5. The Kier molecular flexibility index (Phi) is 5.40. The van der Waals surface area contributed by atoms with Crippen LogP contribution in [0.5, 0.6) is 17.2 Å². The first-order valence-corrected chi connectivity index (χ1v) is 8.90. The highest BCUT2D eigenvalue weighted by molar-refractivity contribution is 5.92. The molecule has 3 rings (SSSR count). The van der Waals surface area contributed by atoms with Crippen LogP contribution in [-0.4, -0.2) is 25.7 Å². The summed E-state index contributed by atoms with van der Waals surface area (Å²) in [5.74, 6) is 2.12. The summed E-state index contributed by atoms with van der Waals surface area (Å²) in [6.07, 6.45) is 4.02. The van der Waals surface area contributed by atoms with Crippen LogP contribution in [0.15, 0.2) is 48.5 Å². The van der Waals surface area contributed by atoms with Gasteiger partial charge in [-0.1, -0.05) is 12.1 Å². The highest BCUT2D eigenvalue weighted by atomic mass is 16.5. The van der Waals surface area contributed by atoms with E-state index >= 15 is 0 Å². The van der Waals surface area contributed by atoms with Gasteiger partial charge in [-0.15, -0.1) is 0 Å². The third kappa shape index (κ3) is 4.61. The molecule has 5 nitrogen and oxygen atoms in total. The zero-order valence-corrected chi connectivity index (χ0v) is 16.1. The summed E-state index contributed by atoms with van der Waals surface area (Å²) in [7, 11) is 3.25. The highest BCUT2D eigenvalue weighted by Gasteiger charge is 2.34. The summed E-state index contributed by atoms with van der Waals surface area (Å²) in [6, 6.07) is 13.1. The molecule has 5 heteroatoms. The zero-order valence-electron chi connectivity index (χ0n) is 16.1. The third-order valence-electron chi connectivity index (χ3n) is 4.54. The Balaban J connectivity index is 1.74. The predicted octanol–water partition coefficient (Wildman–Crippen LogP) is 4.14. The maximum atomic E-state index is 12.5. The van der Waals surface area contributed by atoms with Crippen molar-refractivity contribution in [3.8, 4) is 17.2 Å². The number of nitrogens with one attached hydrogen (secondary N) is 1. The fourth-order valence-corrected chi connectivity index (χ4v) is 3.19. The van der Waals surface area contributed by atoms with Crippen molar-refractivity contribution < 1.29 is 19.0 Å². The van der Waals surface area contributed by atoms with Crippen LogP contribution in [0, 0.1) is 0 Å². The van der Waals surface area contributed by atoms with E-state index in [1.807, 2.05) is 56.3 Å². The molecule has 1 aliphatic heterocycles. The lowest BCUT2D eigenvalue weighted by molar-refractivity contribution is -0.117. The normalized spacial score (nSPS) is 17.7. The van der Waals surface area contributed by atoms with E-state index < -0.39 is 0 Å². The monoisotopic (exact) mass is 367 g/mol. The van der Waals surface area contributed by atoms with Gasteiger partial charge >= 0.3 is 0 Å². The first-order valence-electron chi connectivity index (χ1n) is 8.90. The van der Waals surface area contributed by atoms with E-state index in [1.165, 1.54) is 0 Å². The van der Waals surface area contributed by atoms with Gasteiger partial charge < -0.3 is 19.5 Å². The molecule has 0 radical (unpaired) electrons. The fraction of sp³-hybridized carbons (Fsp3) is 0.318. The summed E-state index contributed by atoms with van der Waals surface area (Å²) in [4.78, 5) is 12.5. The van der Waals surface area contributed by atoms with Crippen LogP contribution in [0.1, 0.15) is 37.4 Å². The van der Waals surface area contributed by atoms with Crippen molar-refractivity contribution in [2.75, 3.05) is 14.2 Å². The number of hydrogen-bond acceptors (Lipinski definition) is 4. The van der Waals surface area contributed by atoms with E-state index in [2.05, 4.69) is 5.32 Å². The number of carbonyl (C=O) groups is 1. The molecule has 142 valence electrons. The van der Waals surface area contributed by atoms with Crippen molar-refractivity contribution in [1.29, 1.82) is 0 Å². The van der Waals surface area contributed by atoms with E-state index in [9.17, 15) is 4.79 Å². The molecule has 0 bridgehead atoms. The van der Waals surface area contributed by atoms with Crippen molar-refractivity contribution in [3.63, 3.8) is 0 Å². The van der Waals surface area contributed by atoms with E-state index in [-0.39, 0.29) is 17.6 Å². The van der Waals surface area contributed by atoms with Gasteiger partial charge in [-0.25, -0.2) is 0 Å². The zero-order chi connectivity index (χ0) is 19.4. The van der Waals surface area contributed by atoms with Crippen LogP contribution in [0.2, 0.25) is 0 Å². The highest BCUT2D eigenvalue weighted by Crippen LogP contribution is 2.41. The topological polar surface area (TPSA) is 56.8 Å². The Labute approximate surface area is 159 Å². The minimum atomic E-state index is -0.378. The molecule has 0 aliphatic carbocycles. The lowest BCUT2D eigenvalue weighted by Crippen LogP contribution is -2.40. The molecule has 0 spiro atoms. The molecule has 1 aliphatic rings. The van der Waals surface area contributed by atoms with Crippen LogP contribution in [-0.2, 0) is 4.79 Å². The van der Waals surface area contributed by atoms with Crippen LogP contribution in [0.25, 0.3) is 6.08 Å². The predicted molar refractivity (Wildman–Crippen MR) is 105 cm³/mol. The van der Waals surface area contributed by atoms with E-state index in [4.69, 9.17) is 14.2 Å². The van der Waals surface area contributed by atoms with Crippen LogP contribution < -0.4 is 19.5 Å². The van der Waals surface area contributed by atoms with Gasteiger partial charge in [0.25, 0.3) is 0 Å². The van der Waals surface area contributed by atoms with Crippen LogP contribution >= 0.6 is 0 Å². The lowest BCUT2D eigenvalue weighted by Gasteiger charge is -2.37. The molecule has 0 fully saturated rings. The molecular formula is C22H25NO4. The summed E-state index contributed by atoms with van der Waals surface area (Å²) >= 11 is 0. The molecule has 1 atom stereocenters. The number of hydrogen-bond donors (Lipinski definition) is 1. The number of carbonyl (C=O) groups excluding carboxylic acids is 1. The Morgan fingerprint density at radius 2 is 1.78 bits per heavy atom. The van der Waals surface area contributed by atoms with Gasteiger partial charge in [0.2, 0.25) is 5.91 Å². The van der Waals surface area contributed by atoms with Gasteiger partial charge in [-0.05, 0) is 49.8 Å². The molecule has 1 heterocycles. The summed E-state index contributed by atoms with van der Waals surface area (Å²) in [5, 5.41) is 3.09. The second-order valence-electron chi connectivity index (χ2n) is 7.14. The van der Waals surface area contributed by atoms with Crippen molar-refractivity contribution in [3.05, 3.63) is 59.7 Å². The maximum absolute atomic E-state index is 12.5. The average Bonchev–Trinajstić information content (AvgIpc) is 2.65. The summed E-state index contributed by atoms with van der Waals surface area (Å²) in [6.45, 7) is 4.03. The second-order valence-corrected chi connectivity index (χ2v) is 7.14. The molecule has 2 aromatic carbocycles. The molecular weight excluding hydrogens is 342 g/mol. The molecule has 0 saturated heterocycles. The third-order valence-corrected chi connectivity index (χ3v) is 4.54.